The Labute approximate surface area is 136 Å². The number of nitrogens with zero attached hydrogens (tertiary/aromatic N) is 3. The summed E-state index contributed by atoms with van der Waals surface area (Å²) in [5, 5.41) is 12.5. The highest BCUT2D eigenvalue weighted by Gasteiger charge is 2.19. The number of halogens is 1. The number of carbonyl (C=O) groups is 1. The summed E-state index contributed by atoms with van der Waals surface area (Å²) in [5.41, 5.74) is 1.08. The SMILES string of the molecule is CSCCC(=O)N(C)c1sc(-c2cc(F)c[n+]([O-])c2)nc1C. The molecule has 0 saturated heterocycles. The highest BCUT2D eigenvalue weighted by Crippen LogP contribution is 2.33. The van der Waals surface area contributed by atoms with Crippen molar-refractivity contribution >= 4 is 34.0 Å². The second-order valence-electron chi connectivity index (χ2n) is 4.71. The molecule has 0 atom stereocenters. The van der Waals surface area contributed by atoms with Gasteiger partial charge in [0.1, 0.15) is 10.0 Å². The van der Waals surface area contributed by atoms with Crippen LogP contribution in [0.3, 0.4) is 0 Å². The normalized spacial score (nSPS) is 10.7. The number of carbonyl (C=O) groups excluding carboxylic acids is 1. The van der Waals surface area contributed by atoms with Crippen molar-refractivity contribution in [3.8, 4) is 10.6 Å². The zero-order valence-corrected chi connectivity index (χ0v) is 14.1. The van der Waals surface area contributed by atoms with Crippen LogP contribution in [0.1, 0.15) is 12.1 Å². The van der Waals surface area contributed by atoms with Gasteiger partial charge in [0.05, 0.1) is 11.3 Å². The quantitative estimate of drug-likeness (QED) is 0.619. The summed E-state index contributed by atoms with van der Waals surface area (Å²) >= 11 is 2.88. The molecule has 8 heteroatoms. The number of amides is 1. The molecule has 0 fully saturated rings. The molecule has 2 heterocycles. The van der Waals surface area contributed by atoms with Gasteiger partial charge in [0.25, 0.3) is 0 Å². The molecule has 0 aliphatic rings. The van der Waals surface area contributed by atoms with E-state index >= 15 is 0 Å². The molecule has 0 bridgehead atoms. The maximum atomic E-state index is 13.3. The van der Waals surface area contributed by atoms with Gasteiger partial charge in [-0.2, -0.15) is 16.5 Å². The minimum atomic E-state index is -0.619. The van der Waals surface area contributed by atoms with Gasteiger partial charge in [-0.25, -0.2) is 9.37 Å². The van der Waals surface area contributed by atoms with Crippen LogP contribution < -0.4 is 9.63 Å². The third kappa shape index (κ3) is 3.75. The van der Waals surface area contributed by atoms with Crippen molar-refractivity contribution in [2.24, 2.45) is 0 Å². The lowest BCUT2D eigenvalue weighted by Gasteiger charge is -2.15. The fraction of sp³-hybridized carbons (Fsp3) is 0.357. The van der Waals surface area contributed by atoms with E-state index in [0.717, 1.165) is 11.9 Å². The van der Waals surface area contributed by atoms with Crippen molar-refractivity contribution in [1.82, 2.24) is 4.98 Å². The second-order valence-corrected chi connectivity index (χ2v) is 6.67. The van der Waals surface area contributed by atoms with Crippen molar-refractivity contribution in [3.63, 3.8) is 0 Å². The monoisotopic (exact) mass is 341 g/mol. The lowest BCUT2D eigenvalue weighted by molar-refractivity contribution is -0.606. The zero-order chi connectivity index (χ0) is 16.3. The summed E-state index contributed by atoms with van der Waals surface area (Å²) in [5.74, 6) is 0.144. The first kappa shape index (κ1) is 16.7. The van der Waals surface area contributed by atoms with E-state index in [1.807, 2.05) is 6.26 Å². The van der Waals surface area contributed by atoms with E-state index < -0.39 is 5.82 Å². The van der Waals surface area contributed by atoms with Crippen LogP contribution in [0.5, 0.6) is 0 Å². The summed E-state index contributed by atoms with van der Waals surface area (Å²) in [4.78, 5) is 18.0. The van der Waals surface area contributed by atoms with Crippen LogP contribution in [0.15, 0.2) is 18.5 Å². The molecule has 0 N–H and O–H groups in total. The van der Waals surface area contributed by atoms with E-state index in [1.54, 1.807) is 30.6 Å². The zero-order valence-electron chi connectivity index (χ0n) is 12.5. The Kier molecular flexibility index (Phi) is 5.36. The van der Waals surface area contributed by atoms with Crippen molar-refractivity contribution in [2.45, 2.75) is 13.3 Å². The van der Waals surface area contributed by atoms with Gasteiger partial charge in [0, 0.05) is 19.2 Å². The first-order chi connectivity index (χ1) is 10.4. The van der Waals surface area contributed by atoms with E-state index in [9.17, 15) is 14.4 Å². The van der Waals surface area contributed by atoms with Crippen molar-refractivity contribution < 1.29 is 13.9 Å². The maximum absolute atomic E-state index is 13.3. The second kappa shape index (κ2) is 7.06. The standard InChI is InChI=1S/C14H16FN3O2S2/c1-9-14(17(2)12(19)4-5-21-3)22-13(16-9)10-6-11(15)8-18(20)7-10/h6-8H,4-5H2,1-3H3. The number of hydrogen-bond acceptors (Lipinski definition) is 5. The molecule has 0 spiro atoms. The minimum absolute atomic E-state index is 0.00535. The molecular weight excluding hydrogens is 325 g/mol. The Morgan fingerprint density at radius 3 is 2.91 bits per heavy atom. The molecule has 2 rings (SSSR count). The van der Waals surface area contributed by atoms with Crippen LogP contribution >= 0.6 is 23.1 Å². The first-order valence-electron chi connectivity index (χ1n) is 6.55. The molecule has 2 aromatic heterocycles. The topological polar surface area (TPSA) is 60.1 Å². The predicted octanol–water partition coefficient (Wildman–Crippen LogP) is 2.61. The van der Waals surface area contributed by atoms with Crippen LogP contribution in [-0.4, -0.2) is 29.9 Å². The molecule has 0 saturated carbocycles. The molecule has 5 nitrogen and oxygen atoms in total. The van der Waals surface area contributed by atoms with Crippen LogP contribution in [0.2, 0.25) is 0 Å². The third-order valence-corrected chi connectivity index (χ3v) is 4.92. The molecule has 0 aromatic carbocycles. The number of pyridine rings is 1. The van der Waals surface area contributed by atoms with Crippen molar-refractivity contribution in [3.05, 3.63) is 35.2 Å². The summed E-state index contributed by atoms with van der Waals surface area (Å²) in [6.45, 7) is 1.79. The van der Waals surface area contributed by atoms with E-state index in [0.29, 0.717) is 32.4 Å². The molecule has 2 aromatic rings. The summed E-state index contributed by atoms with van der Waals surface area (Å²) in [7, 11) is 1.70. The van der Waals surface area contributed by atoms with E-state index in [2.05, 4.69) is 4.98 Å². The molecule has 22 heavy (non-hydrogen) atoms. The minimum Gasteiger partial charge on any atom is -0.619 e. The van der Waals surface area contributed by atoms with Gasteiger partial charge in [0.2, 0.25) is 12.1 Å². The summed E-state index contributed by atoms with van der Waals surface area (Å²) < 4.78 is 13.7. The average molecular weight is 341 g/mol. The molecule has 0 unspecified atom stereocenters. The lowest BCUT2D eigenvalue weighted by Crippen LogP contribution is -2.26. The number of thioether (sulfide) groups is 1. The molecule has 1 amide bonds. The molecule has 118 valence electrons. The highest BCUT2D eigenvalue weighted by atomic mass is 32.2. The Morgan fingerprint density at radius 1 is 1.55 bits per heavy atom. The van der Waals surface area contributed by atoms with Gasteiger partial charge in [-0.3, -0.25) is 4.79 Å². The van der Waals surface area contributed by atoms with E-state index in [4.69, 9.17) is 0 Å². The Bertz CT molecular complexity index is 670. The number of aryl methyl sites for hydroxylation is 1. The largest absolute Gasteiger partial charge is 0.619 e. The van der Waals surface area contributed by atoms with E-state index in [-0.39, 0.29) is 5.91 Å². The van der Waals surface area contributed by atoms with Gasteiger partial charge in [0.15, 0.2) is 12.0 Å². The fourth-order valence-electron chi connectivity index (χ4n) is 1.93. The molecule has 0 aliphatic carbocycles. The number of aromatic nitrogens is 2. The van der Waals surface area contributed by atoms with Gasteiger partial charge < -0.3 is 10.1 Å². The Hall–Kier alpha value is -1.67. The van der Waals surface area contributed by atoms with Gasteiger partial charge >= 0.3 is 0 Å². The van der Waals surface area contributed by atoms with Crippen LogP contribution in [0, 0.1) is 17.9 Å². The Balaban J connectivity index is 2.29. The maximum Gasteiger partial charge on any atom is 0.228 e. The highest BCUT2D eigenvalue weighted by molar-refractivity contribution is 7.98. The van der Waals surface area contributed by atoms with Gasteiger partial charge in [-0.05, 0) is 19.2 Å². The summed E-state index contributed by atoms with van der Waals surface area (Å²) in [6, 6.07) is 1.26. The number of anilines is 1. The van der Waals surface area contributed by atoms with Crippen LogP contribution in [-0.2, 0) is 4.79 Å². The number of thiazole rings is 1. The van der Waals surface area contributed by atoms with E-state index in [1.165, 1.54) is 23.6 Å². The molecular formula is C14H16FN3O2S2. The average Bonchev–Trinajstić information content (AvgIpc) is 2.85. The molecule has 0 aliphatic heterocycles. The number of hydrogen-bond donors (Lipinski definition) is 0. The smallest absolute Gasteiger partial charge is 0.228 e. The Morgan fingerprint density at radius 2 is 2.27 bits per heavy atom. The van der Waals surface area contributed by atoms with Crippen molar-refractivity contribution in [2.75, 3.05) is 24.0 Å². The third-order valence-electron chi connectivity index (χ3n) is 3.03. The number of rotatable bonds is 5. The fourth-order valence-corrected chi connectivity index (χ4v) is 3.34. The van der Waals surface area contributed by atoms with Gasteiger partial charge in [-0.1, -0.05) is 11.3 Å². The molecule has 0 radical (unpaired) electrons. The predicted molar refractivity (Wildman–Crippen MR) is 87.6 cm³/mol. The van der Waals surface area contributed by atoms with Crippen LogP contribution in [0.4, 0.5) is 9.39 Å². The van der Waals surface area contributed by atoms with Gasteiger partial charge in [-0.15, -0.1) is 0 Å². The van der Waals surface area contributed by atoms with Crippen molar-refractivity contribution in [1.29, 1.82) is 0 Å². The lowest BCUT2D eigenvalue weighted by atomic mass is 10.3. The van der Waals surface area contributed by atoms with Crippen LogP contribution in [0.25, 0.3) is 10.6 Å². The summed E-state index contributed by atoms with van der Waals surface area (Å²) in [6.07, 6.45) is 4.51. The first-order valence-corrected chi connectivity index (χ1v) is 8.76.